The van der Waals surface area contributed by atoms with Crippen molar-refractivity contribution in [1.29, 1.82) is 0 Å². The molecule has 1 nitrogen and oxygen atoms in total. The molecule has 1 saturated carbocycles. The van der Waals surface area contributed by atoms with Gasteiger partial charge in [0.25, 0.3) is 0 Å². The van der Waals surface area contributed by atoms with Gasteiger partial charge in [-0.05, 0) is 43.9 Å². The predicted octanol–water partition coefficient (Wildman–Crippen LogP) is 10.0. The zero-order valence-corrected chi connectivity index (χ0v) is 21.5. The maximum absolute atomic E-state index is 14.9. The third-order valence-electron chi connectivity index (χ3n) is 7.16. The third kappa shape index (κ3) is 6.34. The van der Waals surface area contributed by atoms with Crippen LogP contribution >= 0.6 is 0 Å². The highest BCUT2D eigenvalue weighted by Crippen LogP contribution is 2.41. The summed E-state index contributed by atoms with van der Waals surface area (Å²) in [6.07, 6.45) is 11.1. The summed E-state index contributed by atoms with van der Waals surface area (Å²) in [7, 11) is 0. The normalized spacial score (nSPS) is 17.9. The zero-order valence-electron chi connectivity index (χ0n) is 21.5. The van der Waals surface area contributed by atoms with Crippen LogP contribution < -0.4 is 4.74 Å². The fourth-order valence-corrected chi connectivity index (χ4v) is 4.88. The van der Waals surface area contributed by atoms with Gasteiger partial charge in [0.1, 0.15) is 0 Å². The lowest BCUT2D eigenvalue weighted by Crippen LogP contribution is -2.13. The quantitative estimate of drug-likeness (QED) is 0.154. The fourth-order valence-electron chi connectivity index (χ4n) is 4.88. The van der Waals surface area contributed by atoms with Crippen LogP contribution in [0.5, 0.6) is 5.75 Å². The first-order valence-corrected chi connectivity index (χ1v) is 13.2. The number of ether oxygens (including phenoxy) is 1. The first-order chi connectivity index (χ1) is 18.1. The molecule has 0 saturated heterocycles. The molecular weight excluding hydrogens is 516 g/mol. The first-order valence-electron chi connectivity index (χ1n) is 13.2. The van der Waals surface area contributed by atoms with Crippen LogP contribution in [0.2, 0.25) is 0 Å². The summed E-state index contributed by atoms with van der Waals surface area (Å²) in [6, 6.07) is 0. The molecule has 2 aromatic carbocycles. The molecule has 9 heteroatoms. The van der Waals surface area contributed by atoms with Crippen molar-refractivity contribution < 1.29 is 39.9 Å². The molecule has 0 amide bonds. The molecule has 0 N–H and O–H groups in total. The third-order valence-corrected chi connectivity index (χ3v) is 7.16. The summed E-state index contributed by atoms with van der Waals surface area (Å²) in [4.78, 5) is 0. The minimum Gasteiger partial charge on any atom is -0.487 e. The largest absolute Gasteiger partial charge is 0.487 e. The van der Waals surface area contributed by atoms with Gasteiger partial charge >= 0.3 is 0 Å². The average molecular weight is 549 g/mol. The second kappa shape index (κ2) is 13.5. The van der Waals surface area contributed by atoms with Crippen molar-refractivity contribution in [2.45, 2.75) is 78.1 Å². The van der Waals surface area contributed by atoms with Gasteiger partial charge in [-0.1, -0.05) is 58.1 Å². The molecule has 0 atom stereocenters. The van der Waals surface area contributed by atoms with Crippen molar-refractivity contribution >= 4 is 6.08 Å². The summed E-state index contributed by atoms with van der Waals surface area (Å²) in [6.45, 7) is 3.58. The lowest BCUT2D eigenvalue weighted by atomic mass is 9.79. The lowest BCUT2D eigenvalue weighted by Gasteiger charge is -2.26. The predicted molar refractivity (Wildman–Crippen MR) is 131 cm³/mol. The number of hydrogen-bond acceptors (Lipinski definition) is 1. The zero-order chi connectivity index (χ0) is 28.0. The lowest BCUT2D eigenvalue weighted by molar-refractivity contribution is 0.267. The Labute approximate surface area is 217 Å². The fraction of sp³-hybridized carbons (Fsp3) is 0.517. The minimum absolute atomic E-state index is 0.0552. The van der Waals surface area contributed by atoms with Gasteiger partial charge in [-0.3, -0.25) is 0 Å². The second-order valence-corrected chi connectivity index (χ2v) is 9.84. The molecule has 0 aliphatic heterocycles. The van der Waals surface area contributed by atoms with Crippen molar-refractivity contribution in [2.75, 3.05) is 6.61 Å². The van der Waals surface area contributed by atoms with Crippen LogP contribution in [0.3, 0.4) is 0 Å². The van der Waals surface area contributed by atoms with Crippen molar-refractivity contribution in [1.82, 2.24) is 0 Å². The Hall–Kier alpha value is -2.58. The molecule has 2 aromatic rings. The van der Waals surface area contributed by atoms with Gasteiger partial charge in [0.05, 0.1) is 23.3 Å². The van der Waals surface area contributed by atoms with E-state index in [1.165, 1.54) is 6.08 Å². The molecule has 0 radical (unpaired) electrons. The van der Waals surface area contributed by atoms with Gasteiger partial charge in [0.15, 0.2) is 40.7 Å². The Morgan fingerprint density at radius 2 is 1.13 bits per heavy atom. The number of allylic oxidation sites excluding steroid dienone is 1. The standard InChI is InChI=1S/C29H32F8O/c1-3-5-7-8-16-9-11-17(12-10-16)13-14-18-21(30)23(32)19(24(33)22(18)31)20-25(34)27(36)29(28(37)26(20)35)38-15-6-4-2/h13-14,16-17H,3-12,15H2,1-2H3/b14-13+. The van der Waals surface area contributed by atoms with Crippen molar-refractivity contribution in [3.63, 3.8) is 0 Å². The topological polar surface area (TPSA) is 9.23 Å². The van der Waals surface area contributed by atoms with Gasteiger partial charge in [-0.25, -0.2) is 26.3 Å². The molecule has 0 bridgehead atoms. The van der Waals surface area contributed by atoms with Gasteiger partial charge in [0.2, 0.25) is 11.6 Å². The number of unbranched alkanes of at least 4 members (excludes halogenated alkanes) is 3. The van der Waals surface area contributed by atoms with Gasteiger partial charge < -0.3 is 4.74 Å². The highest BCUT2D eigenvalue weighted by Gasteiger charge is 2.34. The molecule has 0 aromatic heterocycles. The maximum Gasteiger partial charge on any atom is 0.204 e. The Balaban J connectivity index is 1.91. The van der Waals surface area contributed by atoms with E-state index in [0.29, 0.717) is 18.8 Å². The number of benzene rings is 2. The maximum atomic E-state index is 14.9. The minimum atomic E-state index is -2.23. The van der Waals surface area contributed by atoms with E-state index < -0.39 is 69.0 Å². The highest BCUT2D eigenvalue weighted by molar-refractivity contribution is 5.70. The van der Waals surface area contributed by atoms with Crippen LogP contribution in [0.1, 0.15) is 83.6 Å². The van der Waals surface area contributed by atoms with E-state index in [1.807, 2.05) is 0 Å². The summed E-state index contributed by atoms with van der Waals surface area (Å²) in [5.74, 6) is -17.7. The van der Waals surface area contributed by atoms with Crippen molar-refractivity contribution in [3.05, 3.63) is 58.2 Å². The Morgan fingerprint density at radius 3 is 1.63 bits per heavy atom. The van der Waals surface area contributed by atoms with Crippen LogP contribution in [0, 0.1) is 58.4 Å². The number of halogens is 8. The highest BCUT2D eigenvalue weighted by atomic mass is 19.2. The molecule has 0 unspecified atom stereocenters. The van der Waals surface area contributed by atoms with Crippen LogP contribution in [0.4, 0.5) is 35.1 Å². The van der Waals surface area contributed by atoms with E-state index in [-0.39, 0.29) is 12.5 Å². The average Bonchev–Trinajstić information content (AvgIpc) is 2.91. The van der Waals surface area contributed by atoms with Crippen molar-refractivity contribution in [2.24, 2.45) is 11.8 Å². The Kier molecular flexibility index (Phi) is 10.6. The molecule has 38 heavy (non-hydrogen) atoms. The summed E-state index contributed by atoms with van der Waals surface area (Å²) in [5, 5.41) is 0. The molecular formula is C29H32F8O. The van der Waals surface area contributed by atoms with E-state index in [1.54, 1.807) is 6.92 Å². The summed E-state index contributed by atoms with van der Waals surface area (Å²) < 4.78 is 122. The summed E-state index contributed by atoms with van der Waals surface area (Å²) >= 11 is 0. The molecule has 210 valence electrons. The van der Waals surface area contributed by atoms with Gasteiger partial charge in [-0.15, -0.1) is 0 Å². The molecule has 1 aliphatic carbocycles. The molecule has 0 heterocycles. The van der Waals surface area contributed by atoms with Crippen LogP contribution in [0.15, 0.2) is 6.08 Å². The monoisotopic (exact) mass is 548 g/mol. The number of hydrogen-bond donors (Lipinski definition) is 0. The van der Waals surface area contributed by atoms with Crippen molar-refractivity contribution in [3.8, 4) is 16.9 Å². The molecule has 1 fully saturated rings. The van der Waals surface area contributed by atoms with E-state index in [2.05, 4.69) is 6.92 Å². The van der Waals surface area contributed by atoms with Crippen LogP contribution in [-0.4, -0.2) is 6.61 Å². The van der Waals surface area contributed by atoms with Gasteiger partial charge in [0, 0.05) is 0 Å². The molecule has 3 rings (SSSR count). The SMILES string of the molecule is CCCCCC1CCC(/C=C/c2c(F)c(F)c(-c3c(F)c(F)c(OCCCC)c(F)c3F)c(F)c2F)CC1. The van der Waals surface area contributed by atoms with E-state index in [0.717, 1.165) is 57.4 Å². The molecule has 1 aliphatic rings. The van der Waals surface area contributed by atoms with Gasteiger partial charge in [-0.2, -0.15) is 8.78 Å². The Bertz CT molecular complexity index is 1090. The Morgan fingerprint density at radius 1 is 0.632 bits per heavy atom. The number of rotatable bonds is 11. The summed E-state index contributed by atoms with van der Waals surface area (Å²) in [5.41, 5.74) is -4.85. The van der Waals surface area contributed by atoms with E-state index in [4.69, 9.17) is 4.74 Å². The second-order valence-electron chi connectivity index (χ2n) is 9.84. The first kappa shape index (κ1) is 30.0. The van der Waals surface area contributed by atoms with E-state index >= 15 is 0 Å². The van der Waals surface area contributed by atoms with Crippen LogP contribution in [-0.2, 0) is 0 Å². The van der Waals surface area contributed by atoms with Crippen LogP contribution in [0.25, 0.3) is 17.2 Å². The smallest absolute Gasteiger partial charge is 0.204 e. The molecule has 0 spiro atoms. The van der Waals surface area contributed by atoms with E-state index in [9.17, 15) is 35.1 Å².